The molecular formula is C15H24N2O2. The van der Waals surface area contributed by atoms with Crippen LogP contribution >= 0.6 is 0 Å². The Morgan fingerprint density at radius 1 is 1.32 bits per heavy atom. The van der Waals surface area contributed by atoms with E-state index in [0.717, 1.165) is 50.2 Å². The molecule has 106 valence electrons. The van der Waals surface area contributed by atoms with Gasteiger partial charge in [0.25, 0.3) is 0 Å². The zero-order valence-electron chi connectivity index (χ0n) is 11.6. The van der Waals surface area contributed by atoms with Crippen LogP contribution in [0.15, 0.2) is 18.3 Å². The molecule has 19 heavy (non-hydrogen) atoms. The zero-order chi connectivity index (χ0) is 13.5. The normalized spacial score (nSPS) is 23.9. The molecule has 0 radical (unpaired) electrons. The SMILES string of the molecule is CCNCc1ccc(OC2CCCCCC2O)cn1. The summed E-state index contributed by atoms with van der Waals surface area (Å²) < 4.78 is 5.87. The van der Waals surface area contributed by atoms with E-state index in [-0.39, 0.29) is 12.2 Å². The lowest BCUT2D eigenvalue weighted by Gasteiger charge is -2.21. The molecule has 0 bridgehead atoms. The lowest BCUT2D eigenvalue weighted by molar-refractivity contribution is 0.0317. The van der Waals surface area contributed by atoms with E-state index in [1.54, 1.807) is 6.20 Å². The van der Waals surface area contributed by atoms with Crippen molar-refractivity contribution in [3.63, 3.8) is 0 Å². The standard InChI is InChI=1S/C15H24N2O2/c1-2-16-10-12-8-9-13(11-17-12)19-15-7-5-3-4-6-14(15)18/h8-9,11,14-16,18H,2-7,10H2,1H3. The molecule has 0 amide bonds. The van der Waals surface area contributed by atoms with Gasteiger partial charge in [-0.25, -0.2) is 0 Å². The molecule has 2 atom stereocenters. The molecule has 1 aliphatic carbocycles. The molecule has 0 aromatic carbocycles. The average molecular weight is 264 g/mol. The predicted octanol–water partition coefficient (Wildman–Crippen LogP) is 2.26. The van der Waals surface area contributed by atoms with E-state index in [0.29, 0.717) is 0 Å². The summed E-state index contributed by atoms with van der Waals surface area (Å²) in [6.45, 7) is 3.79. The van der Waals surface area contributed by atoms with Crippen molar-refractivity contribution in [1.82, 2.24) is 10.3 Å². The number of aromatic nitrogens is 1. The van der Waals surface area contributed by atoms with E-state index in [4.69, 9.17) is 4.74 Å². The molecule has 1 aromatic heterocycles. The van der Waals surface area contributed by atoms with E-state index in [2.05, 4.69) is 17.2 Å². The average Bonchev–Trinajstić information content (AvgIpc) is 2.63. The van der Waals surface area contributed by atoms with Crippen molar-refractivity contribution in [2.75, 3.05) is 6.54 Å². The number of hydrogen-bond donors (Lipinski definition) is 2. The number of hydrogen-bond acceptors (Lipinski definition) is 4. The molecule has 1 fully saturated rings. The van der Waals surface area contributed by atoms with Gasteiger partial charge in [0, 0.05) is 6.54 Å². The van der Waals surface area contributed by atoms with Gasteiger partial charge in [-0.15, -0.1) is 0 Å². The summed E-state index contributed by atoms with van der Waals surface area (Å²) in [5, 5.41) is 13.3. The van der Waals surface area contributed by atoms with Gasteiger partial charge in [0.1, 0.15) is 11.9 Å². The summed E-state index contributed by atoms with van der Waals surface area (Å²) in [4.78, 5) is 4.36. The largest absolute Gasteiger partial charge is 0.486 e. The fourth-order valence-corrected chi connectivity index (χ4v) is 2.40. The monoisotopic (exact) mass is 264 g/mol. The Balaban J connectivity index is 1.90. The zero-order valence-corrected chi connectivity index (χ0v) is 11.6. The Morgan fingerprint density at radius 3 is 2.89 bits per heavy atom. The first-order chi connectivity index (χ1) is 9.29. The van der Waals surface area contributed by atoms with Crippen LogP contribution < -0.4 is 10.1 Å². The maximum absolute atomic E-state index is 10.0. The van der Waals surface area contributed by atoms with Crippen molar-refractivity contribution in [3.05, 3.63) is 24.0 Å². The Bertz CT molecular complexity index is 367. The first-order valence-corrected chi connectivity index (χ1v) is 7.30. The third-order valence-corrected chi connectivity index (χ3v) is 3.56. The number of nitrogens with one attached hydrogen (secondary N) is 1. The Hall–Kier alpha value is -1.13. The van der Waals surface area contributed by atoms with Gasteiger partial charge in [-0.1, -0.05) is 19.8 Å². The molecule has 4 heteroatoms. The van der Waals surface area contributed by atoms with Gasteiger partial charge < -0.3 is 15.2 Å². The van der Waals surface area contributed by atoms with Crippen molar-refractivity contribution >= 4 is 0 Å². The number of aliphatic hydroxyl groups excluding tert-OH is 1. The van der Waals surface area contributed by atoms with Gasteiger partial charge in [0.05, 0.1) is 18.0 Å². The number of nitrogens with zero attached hydrogens (tertiary/aromatic N) is 1. The summed E-state index contributed by atoms with van der Waals surface area (Å²) in [7, 11) is 0. The number of aliphatic hydroxyl groups is 1. The second-order valence-corrected chi connectivity index (χ2v) is 5.13. The Labute approximate surface area is 115 Å². The van der Waals surface area contributed by atoms with Crippen molar-refractivity contribution in [3.8, 4) is 5.75 Å². The maximum Gasteiger partial charge on any atom is 0.138 e. The molecule has 4 nitrogen and oxygen atoms in total. The summed E-state index contributed by atoms with van der Waals surface area (Å²) in [6, 6.07) is 3.92. The lowest BCUT2D eigenvalue weighted by atomic mass is 10.1. The summed E-state index contributed by atoms with van der Waals surface area (Å²) in [5.41, 5.74) is 1.01. The predicted molar refractivity (Wildman–Crippen MR) is 75.1 cm³/mol. The van der Waals surface area contributed by atoms with Gasteiger partial charge in [-0.3, -0.25) is 4.98 Å². The molecule has 1 aromatic rings. The van der Waals surface area contributed by atoms with E-state index in [1.807, 2.05) is 12.1 Å². The highest BCUT2D eigenvalue weighted by atomic mass is 16.5. The van der Waals surface area contributed by atoms with Gasteiger partial charge in [-0.05, 0) is 37.9 Å². The quantitative estimate of drug-likeness (QED) is 0.801. The fourth-order valence-electron chi connectivity index (χ4n) is 2.40. The first-order valence-electron chi connectivity index (χ1n) is 7.30. The van der Waals surface area contributed by atoms with Crippen molar-refractivity contribution < 1.29 is 9.84 Å². The molecule has 1 heterocycles. The molecule has 1 aliphatic rings. The summed E-state index contributed by atoms with van der Waals surface area (Å²) in [5.74, 6) is 0.756. The van der Waals surface area contributed by atoms with Crippen LogP contribution in [0.5, 0.6) is 5.75 Å². The second kappa shape index (κ2) is 7.46. The highest BCUT2D eigenvalue weighted by molar-refractivity contribution is 5.20. The Morgan fingerprint density at radius 2 is 2.16 bits per heavy atom. The molecule has 0 spiro atoms. The van der Waals surface area contributed by atoms with Crippen LogP contribution in [-0.2, 0) is 6.54 Å². The van der Waals surface area contributed by atoms with E-state index in [9.17, 15) is 5.11 Å². The van der Waals surface area contributed by atoms with Gasteiger partial charge in [0.15, 0.2) is 0 Å². The van der Waals surface area contributed by atoms with Crippen LogP contribution in [-0.4, -0.2) is 28.8 Å². The molecule has 1 saturated carbocycles. The molecule has 2 unspecified atom stereocenters. The van der Waals surface area contributed by atoms with Crippen LogP contribution in [0.2, 0.25) is 0 Å². The van der Waals surface area contributed by atoms with Crippen molar-refractivity contribution in [2.24, 2.45) is 0 Å². The van der Waals surface area contributed by atoms with Crippen molar-refractivity contribution in [2.45, 2.75) is 57.8 Å². The first kappa shape index (κ1) is 14.3. The third kappa shape index (κ3) is 4.48. The fraction of sp³-hybridized carbons (Fsp3) is 0.667. The molecule has 2 rings (SSSR count). The maximum atomic E-state index is 10.0. The third-order valence-electron chi connectivity index (χ3n) is 3.56. The number of rotatable bonds is 5. The van der Waals surface area contributed by atoms with Crippen LogP contribution in [0.3, 0.4) is 0 Å². The molecule has 2 N–H and O–H groups in total. The minimum Gasteiger partial charge on any atom is -0.486 e. The van der Waals surface area contributed by atoms with Crippen LogP contribution in [0, 0.1) is 0 Å². The van der Waals surface area contributed by atoms with Crippen LogP contribution in [0.1, 0.15) is 44.7 Å². The highest BCUT2D eigenvalue weighted by Crippen LogP contribution is 2.22. The molecular weight excluding hydrogens is 240 g/mol. The Kier molecular flexibility index (Phi) is 5.61. The minimum absolute atomic E-state index is 0.0797. The van der Waals surface area contributed by atoms with E-state index < -0.39 is 0 Å². The summed E-state index contributed by atoms with van der Waals surface area (Å²) >= 11 is 0. The van der Waals surface area contributed by atoms with E-state index in [1.165, 1.54) is 6.42 Å². The van der Waals surface area contributed by atoms with Crippen LogP contribution in [0.25, 0.3) is 0 Å². The molecule has 0 aliphatic heterocycles. The molecule has 0 saturated heterocycles. The second-order valence-electron chi connectivity index (χ2n) is 5.13. The lowest BCUT2D eigenvalue weighted by Crippen LogP contribution is -2.30. The highest BCUT2D eigenvalue weighted by Gasteiger charge is 2.23. The topological polar surface area (TPSA) is 54.4 Å². The number of ether oxygens (including phenoxy) is 1. The van der Waals surface area contributed by atoms with E-state index >= 15 is 0 Å². The summed E-state index contributed by atoms with van der Waals surface area (Å²) in [6.07, 6.45) is 6.53. The van der Waals surface area contributed by atoms with Gasteiger partial charge >= 0.3 is 0 Å². The smallest absolute Gasteiger partial charge is 0.138 e. The van der Waals surface area contributed by atoms with Crippen molar-refractivity contribution in [1.29, 1.82) is 0 Å². The number of pyridine rings is 1. The minimum atomic E-state index is -0.344. The van der Waals surface area contributed by atoms with Gasteiger partial charge in [0.2, 0.25) is 0 Å². The van der Waals surface area contributed by atoms with Crippen LogP contribution in [0.4, 0.5) is 0 Å². The van der Waals surface area contributed by atoms with Gasteiger partial charge in [-0.2, -0.15) is 0 Å².